The molecule has 1 atom stereocenters. The standard InChI is InChI=1S/C13H15BrClN3/c1-16-12(8-13-17-5-6-18(13)2)10-4-3-9(15)7-11(10)14/h3-7,12,16H,8H2,1-2H3. The zero-order chi connectivity index (χ0) is 13.1. The van der Waals surface area contributed by atoms with Crippen molar-refractivity contribution in [3.8, 4) is 0 Å². The van der Waals surface area contributed by atoms with Gasteiger partial charge >= 0.3 is 0 Å². The van der Waals surface area contributed by atoms with Gasteiger partial charge in [-0.1, -0.05) is 33.6 Å². The van der Waals surface area contributed by atoms with Gasteiger partial charge in [-0.05, 0) is 24.7 Å². The predicted octanol–water partition coefficient (Wildman–Crippen LogP) is 3.34. The summed E-state index contributed by atoms with van der Waals surface area (Å²) in [5.41, 5.74) is 1.19. The van der Waals surface area contributed by atoms with Crippen LogP contribution in [0.1, 0.15) is 17.4 Å². The van der Waals surface area contributed by atoms with Crippen LogP contribution in [0.3, 0.4) is 0 Å². The van der Waals surface area contributed by atoms with E-state index in [-0.39, 0.29) is 6.04 Å². The molecule has 1 aromatic carbocycles. The first kappa shape index (κ1) is 13.6. The number of aromatic nitrogens is 2. The average molecular weight is 329 g/mol. The van der Waals surface area contributed by atoms with Crippen molar-refractivity contribution in [2.45, 2.75) is 12.5 Å². The molecular weight excluding hydrogens is 314 g/mol. The van der Waals surface area contributed by atoms with Crippen LogP contribution in [0.25, 0.3) is 0 Å². The Morgan fingerprint density at radius 2 is 2.28 bits per heavy atom. The van der Waals surface area contributed by atoms with Crippen molar-refractivity contribution in [2.24, 2.45) is 7.05 Å². The summed E-state index contributed by atoms with van der Waals surface area (Å²) in [5, 5.41) is 4.05. The molecule has 0 bridgehead atoms. The molecular formula is C13H15BrClN3. The minimum absolute atomic E-state index is 0.206. The van der Waals surface area contributed by atoms with Gasteiger partial charge in [-0.2, -0.15) is 0 Å². The maximum atomic E-state index is 5.97. The molecule has 0 aliphatic heterocycles. The van der Waals surface area contributed by atoms with Gasteiger partial charge in [0.1, 0.15) is 5.82 Å². The van der Waals surface area contributed by atoms with Crippen LogP contribution in [-0.2, 0) is 13.5 Å². The minimum Gasteiger partial charge on any atom is -0.338 e. The zero-order valence-electron chi connectivity index (χ0n) is 10.3. The van der Waals surface area contributed by atoms with Gasteiger partial charge in [-0.3, -0.25) is 0 Å². The van der Waals surface area contributed by atoms with E-state index in [1.165, 1.54) is 5.56 Å². The van der Waals surface area contributed by atoms with Gasteiger partial charge in [-0.25, -0.2) is 4.98 Å². The summed E-state index contributed by atoms with van der Waals surface area (Å²) < 4.78 is 3.05. The molecule has 1 aromatic heterocycles. The molecule has 2 rings (SSSR count). The smallest absolute Gasteiger partial charge is 0.110 e. The fourth-order valence-corrected chi connectivity index (χ4v) is 2.89. The second kappa shape index (κ2) is 5.87. The van der Waals surface area contributed by atoms with E-state index in [2.05, 4.69) is 26.2 Å². The van der Waals surface area contributed by atoms with E-state index in [1.807, 2.05) is 49.3 Å². The van der Waals surface area contributed by atoms with Crippen molar-refractivity contribution in [3.05, 3.63) is 51.5 Å². The third-order valence-electron chi connectivity index (χ3n) is 2.99. The maximum Gasteiger partial charge on any atom is 0.110 e. The molecule has 96 valence electrons. The fourth-order valence-electron chi connectivity index (χ4n) is 1.93. The molecule has 1 unspecified atom stereocenters. The van der Waals surface area contributed by atoms with Gasteiger partial charge in [0.25, 0.3) is 0 Å². The molecule has 0 fully saturated rings. The van der Waals surface area contributed by atoms with Gasteiger partial charge < -0.3 is 9.88 Å². The topological polar surface area (TPSA) is 29.9 Å². The lowest BCUT2D eigenvalue weighted by molar-refractivity contribution is 0.562. The molecule has 1 N–H and O–H groups in total. The Hall–Kier alpha value is -0.840. The molecule has 18 heavy (non-hydrogen) atoms. The van der Waals surface area contributed by atoms with Crippen molar-refractivity contribution in [3.63, 3.8) is 0 Å². The molecule has 0 amide bonds. The number of aryl methyl sites for hydroxylation is 1. The van der Waals surface area contributed by atoms with Crippen LogP contribution in [0.15, 0.2) is 35.1 Å². The highest BCUT2D eigenvalue weighted by Gasteiger charge is 2.15. The lowest BCUT2D eigenvalue weighted by atomic mass is 10.0. The normalized spacial score (nSPS) is 12.7. The van der Waals surface area contributed by atoms with Crippen molar-refractivity contribution < 1.29 is 0 Å². The lowest BCUT2D eigenvalue weighted by Gasteiger charge is -2.18. The van der Waals surface area contributed by atoms with Gasteiger partial charge in [0.2, 0.25) is 0 Å². The Balaban J connectivity index is 2.26. The second-order valence-corrected chi connectivity index (χ2v) is 5.46. The summed E-state index contributed by atoms with van der Waals surface area (Å²) in [5.74, 6) is 1.05. The van der Waals surface area contributed by atoms with E-state index in [0.29, 0.717) is 0 Å². The lowest BCUT2D eigenvalue weighted by Crippen LogP contribution is -2.20. The highest BCUT2D eigenvalue weighted by molar-refractivity contribution is 9.10. The first-order chi connectivity index (χ1) is 8.61. The van der Waals surface area contributed by atoms with Crippen LogP contribution in [0.2, 0.25) is 5.02 Å². The van der Waals surface area contributed by atoms with Crippen molar-refractivity contribution in [2.75, 3.05) is 7.05 Å². The Labute approximate surface area is 120 Å². The van der Waals surface area contributed by atoms with Gasteiger partial charge in [0, 0.05) is 41.4 Å². The molecule has 3 nitrogen and oxygen atoms in total. The van der Waals surface area contributed by atoms with Crippen LogP contribution < -0.4 is 5.32 Å². The van der Waals surface area contributed by atoms with E-state index in [9.17, 15) is 0 Å². The molecule has 0 saturated heterocycles. The summed E-state index contributed by atoms with van der Waals surface area (Å²) in [4.78, 5) is 4.36. The van der Waals surface area contributed by atoms with Gasteiger partial charge in [0.15, 0.2) is 0 Å². The van der Waals surface area contributed by atoms with E-state index < -0.39 is 0 Å². The summed E-state index contributed by atoms with van der Waals surface area (Å²) in [6.07, 6.45) is 4.61. The monoisotopic (exact) mass is 327 g/mol. The molecule has 0 spiro atoms. The van der Waals surface area contributed by atoms with Crippen molar-refractivity contribution in [1.82, 2.24) is 14.9 Å². The number of halogens is 2. The Morgan fingerprint density at radius 3 is 2.83 bits per heavy atom. The molecule has 0 aliphatic rings. The maximum absolute atomic E-state index is 5.97. The van der Waals surface area contributed by atoms with Gasteiger partial charge in [0.05, 0.1) is 0 Å². The number of imidazole rings is 1. The molecule has 1 heterocycles. The highest BCUT2D eigenvalue weighted by Crippen LogP contribution is 2.28. The fraction of sp³-hybridized carbons (Fsp3) is 0.308. The van der Waals surface area contributed by atoms with E-state index in [1.54, 1.807) is 0 Å². The first-order valence-electron chi connectivity index (χ1n) is 5.70. The van der Waals surface area contributed by atoms with Crippen LogP contribution in [0, 0.1) is 0 Å². The Bertz CT molecular complexity index is 539. The van der Waals surface area contributed by atoms with Crippen LogP contribution in [-0.4, -0.2) is 16.6 Å². The van der Waals surface area contributed by atoms with Crippen LogP contribution in [0.4, 0.5) is 0 Å². The predicted molar refractivity (Wildman–Crippen MR) is 77.9 cm³/mol. The molecule has 2 aromatic rings. The Kier molecular flexibility index (Phi) is 4.43. The third kappa shape index (κ3) is 2.94. The SMILES string of the molecule is CNC(Cc1nccn1C)c1ccc(Cl)cc1Br. The quantitative estimate of drug-likeness (QED) is 0.933. The molecule has 5 heteroatoms. The van der Waals surface area contributed by atoms with Crippen LogP contribution >= 0.6 is 27.5 Å². The number of hydrogen-bond donors (Lipinski definition) is 1. The molecule has 0 saturated carbocycles. The van der Waals surface area contributed by atoms with Crippen LogP contribution in [0.5, 0.6) is 0 Å². The number of benzene rings is 1. The molecule has 0 aliphatic carbocycles. The second-order valence-electron chi connectivity index (χ2n) is 4.17. The minimum atomic E-state index is 0.206. The van der Waals surface area contributed by atoms with E-state index >= 15 is 0 Å². The molecule has 0 radical (unpaired) electrons. The third-order valence-corrected chi connectivity index (χ3v) is 3.92. The number of nitrogens with one attached hydrogen (secondary N) is 1. The Morgan fingerprint density at radius 1 is 1.50 bits per heavy atom. The first-order valence-corrected chi connectivity index (χ1v) is 6.87. The largest absolute Gasteiger partial charge is 0.338 e. The average Bonchev–Trinajstić information content (AvgIpc) is 2.73. The number of nitrogens with zero attached hydrogens (tertiary/aromatic N) is 2. The van der Waals surface area contributed by atoms with Crippen molar-refractivity contribution in [1.29, 1.82) is 0 Å². The number of rotatable bonds is 4. The van der Waals surface area contributed by atoms with Gasteiger partial charge in [-0.15, -0.1) is 0 Å². The zero-order valence-corrected chi connectivity index (χ0v) is 12.7. The summed E-state index contributed by atoms with van der Waals surface area (Å²) in [7, 11) is 3.96. The summed E-state index contributed by atoms with van der Waals surface area (Å²) in [6, 6.07) is 6.07. The highest BCUT2D eigenvalue weighted by atomic mass is 79.9. The number of hydrogen-bond acceptors (Lipinski definition) is 2. The summed E-state index contributed by atoms with van der Waals surface area (Å²) >= 11 is 9.53. The number of likely N-dealkylation sites (N-methyl/N-ethyl adjacent to an activating group) is 1. The van der Waals surface area contributed by atoms with Crippen molar-refractivity contribution >= 4 is 27.5 Å². The van der Waals surface area contributed by atoms with E-state index in [4.69, 9.17) is 11.6 Å². The van der Waals surface area contributed by atoms with E-state index in [0.717, 1.165) is 21.7 Å². The summed E-state index contributed by atoms with van der Waals surface area (Å²) in [6.45, 7) is 0.